The van der Waals surface area contributed by atoms with Crippen LogP contribution in [0.5, 0.6) is 0 Å². The van der Waals surface area contributed by atoms with Gasteiger partial charge in [-0.2, -0.15) is 5.10 Å². The Morgan fingerprint density at radius 2 is 1.96 bits per heavy atom. The van der Waals surface area contributed by atoms with E-state index in [0.29, 0.717) is 0 Å². The van der Waals surface area contributed by atoms with Crippen LogP contribution >= 0.6 is 0 Å². The summed E-state index contributed by atoms with van der Waals surface area (Å²) in [7, 11) is 3.91. The zero-order valence-corrected chi connectivity index (χ0v) is 14.7. The van der Waals surface area contributed by atoms with Gasteiger partial charge in [0, 0.05) is 50.9 Å². The quantitative estimate of drug-likeness (QED) is 0.793. The maximum absolute atomic E-state index is 5.46. The molecule has 0 spiro atoms. The van der Waals surface area contributed by atoms with E-state index in [1.165, 1.54) is 22.2 Å². The van der Waals surface area contributed by atoms with Gasteiger partial charge in [-0.25, -0.2) is 4.98 Å². The number of pyridine rings is 1. The molecular formula is C19H23N5O. The van der Waals surface area contributed by atoms with E-state index in [1.54, 1.807) is 0 Å². The van der Waals surface area contributed by atoms with E-state index in [-0.39, 0.29) is 0 Å². The first kappa shape index (κ1) is 16.1. The fourth-order valence-corrected chi connectivity index (χ4v) is 3.31. The number of hydrogen-bond acceptors (Lipinski definition) is 5. The monoisotopic (exact) mass is 337 g/mol. The number of aromatic nitrogens is 3. The first-order valence-electron chi connectivity index (χ1n) is 8.63. The van der Waals surface area contributed by atoms with Crippen LogP contribution in [-0.4, -0.2) is 53.0 Å². The van der Waals surface area contributed by atoms with E-state index < -0.39 is 0 Å². The van der Waals surface area contributed by atoms with Gasteiger partial charge in [0.05, 0.1) is 25.1 Å². The number of benzene rings is 1. The molecule has 0 radical (unpaired) electrons. The Morgan fingerprint density at radius 3 is 2.76 bits per heavy atom. The number of hydrogen-bond donors (Lipinski definition) is 1. The highest BCUT2D eigenvalue weighted by Gasteiger charge is 2.17. The van der Waals surface area contributed by atoms with Gasteiger partial charge in [-0.15, -0.1) is 0 Å². The van der Waals surface area contributed by atoms with Crippen molar-refractivity contribution in [1.82, 2.24) is 19.7 Å². The fourth-order valence-electron chi connectivity index (χ4n) is 3.31. The van der Waals surface area contributed by atoms with E-state index in [4.69, 9.17) is 4.74 Å². The molecule has 3 aromatic rings. The molecule has 1 aliphatic heterocycles. The molecule has 0 unspecified atom stereocenters. The average Bonchev–Trinajstić information content (AvgIpc) is 3.02. The number of fused-ring (bicyclic) bond motifs is 1. The molecule has 6 heteroatoms. The molecule has 1 N–H and O–H groups in total. The summed E-state index contributed by atoms with van der Waals surface area (Å²) in [5, 5.41) is 9.93. The standard InChI is InChI=1S/C19H23N5O/c1-20-19-10-16-9-14(3-4-15(16)11-21-19)17-12-22-23(2)18(17)13-24-5-7-25-8-6-24/h3-4,9-12H,5-8,13H2,1-2H3,(H,20,21). The minimum absolute atomic E-state index is 0.808. The number of nitrogens with one attached hydrogen (secondary N) is 1. The molecule has 4 rings (SSSR count). The average molecular weight is 337 g/mol. The smallest absolute Gasteiger partial charge is 0.126 e. The molecule has 2 aromatic heterocycles. The highest BCUT2D eigenvalue weighted by atomic mass is 16.5. The third kappa shape index (κ3) is 3.23. The molecule has 1 fully saturated rings. The summed E-state index contributed by atoms with van der Waals surface area (Å²) in [6.45, 7) is 4.45. The fraction of sp³-hybridized carbons (Fsp3) is 0.368. The van der Waals surface area contributed by atoms with E-state index in [0.717, 1.165) is 44.1 Å². The third-order valence-corrected chi connectivity index (χ3v) is 4.83. The molecule has 6 nitrogen and oxygen atoms in total. The van der Waals surface area contributed by atoms with Gasteiger partial charge >= 0.3 is 0 Å². The predicted molar refractivity (Wildman–Crippen MR) is 99.6 cm³/mol. The van der Waals surface area contributed by atoms with Crippen molar-refractivity contribution in [1.29, 1.82) is 0 Å². The minimum atomic E-state index is 0.808. The van der Waals surface area contributed by atoms with Gasteiger partial charge in [-0.1, -0.05) is 12.1 Å². The molecule has 1 saturated heterocycles. The van der Waals surface area contributed by atoms with Crippen LogP contribution in [0, 0.1) is 0 Å². The van der Waals surface area contributed by atoms with E-state index in [2.05, 4.69) is 44.6 Å². The Balaban J connectivity index is 1.70. The predicted octanol–water partition coefficient (Wildman–Crippen LogP) is 2.51. The van der Waals surface area contributed by atoms with Crippen LogP contribution in [-0.2, 0) is 18.3 Å². The molecule has 0 saturated carbocycles. The van der Waals surface area contributed by atoms with Gasteiger partial charge in [0.2, 0.25) is 0 Å². The maximum atomic E-state index is 5.46. The molecule has 25 heavy (non-hydrogen) atoms. The van der Waals surface area contributed by atoms with Crippen LogP contribution in [0.2, 0.25) is 0 Å². The molecule has 0 amide bonds. The minimum Gasteiger partial charge on any atom is -0.379 e. The van der Waals surface area contributed by atoms with E-state index in [1.807, 2.05) is 31.2 Å². The Hall–Kier alpha value is -2.44. The number of ether oxygens (including phenoxy) is 1. The lowest BCUT2D eigenvalue weighted by Crippen LogP contribution is -2.36. The lowest BCUT2D eigenvalue weighted by Gasteiger charge is -2.27. The van der Waals surface area contributed by atoms with Crippen molar-refractivity contribution in [2.45, 2.75) is 6.54 Å². The zero-order valence-electron chi connectivity index (χ0n) is 14.7. The molecule has 130 valence electrons. The summed E-state index contributed by atoms with van der Waals surface area (Å²) in [5.41, 5.74) is 3.62. The number of anilines is 1. The molecule has 0 aliphatic carbocycles. The topological polar surface area (TPSA) is 55.2 Å². The molecule has 0 bridgehead atoms. The van der Waals surface area contributed by atoms with Gasteiger partial charge in [0.15, 0.2) is 0 Å². The van der Waals surface area contributed by atoms with Crippen molar-refractivity contribution < 1.29 is 4.74 Å². The Kier molecular flexibility index (Phi) is 4.38. The SMILES string of the molecule is CNc1cc2cc(-c3cnn(C)c3CN3CCOCC3)ccc2cn1. The largest absolute Gasteiger partial charge is 0.379 e. The number of nitrogens with zero attached hydrogens (tertiary/aromatic N) is 4. The van der Waals surface area contributed by atoms with Crippen molar-refractivity contribution in [3.05, 3.63) is 42.4 Å². The highest BCUT2D eigenvalue weighted by Crippen LogP contribution is 2.28. The lowest BCUT2D eigenvalue weighted by molar-refractivity contribution is 0.0332. The normalized spacial score (nSPS) is 15.6. The first-order valence-corrected chi connectivity index (χ1v) is 8.63. The summed E-state index contributed by atoms with van der Waals surface area (Å²) in [6, 6.07) is 8.58. The number of aryl methyl sites for hydroxylation is 1. The van der Waals surface area contributed by atoms with Crippen LogP contribution in [0.25, 0.3) is 21.9 Å². The van der Waals surface area contributed by atoms with Gasteiger partial charge < -0.3 is 10.1 Å². The van der Waals surface area contributed by atoms with Gasteiger partial charge in [-0.3, -0.25) is 9.58 Å². The first-order chi connectivity index (χ1) is 12.2. The Labute approximate surface area is 147 Å². The van der Waals surface area contributed by atoms with Crippen molar-refractivity contribution >= 4 is 16.6 Å². The summed E-state index contributed by atoms with van der Waals surface area (Å²) < 4.78 is 7.44. The molecular weight excluding hydrogens is 314 g/mol. The van der Waals surface area contributed by atoms with Crippen molar-refractivity contribution in [2.24, 2.45) is 7.05 Å². The van der Waals surface area contributed by atoms with Crippen LogP contribution in [0.4, 0.5) is 5.82 Å². The van der Waals surface area contributed by atoms with Crippen LogP contribution in [0.1, 0.15) is 5.69 Å². The van der Waals surface area contributed by atoms with Gasteiger partial charge in [0.1, 0.15) is 5.82 Å². The molecule has 1 aliphatic rings. The third-order valence-electron chi connectivity index (χ3n) is 4.83. The Bertz CT molecular complexity index is 883. The van der Waals surface area contributed by atoms with E-state index >= 15 is 0 Å². The lowest BCUT2D eigenvalue weighted by atomic mass is 10.0. The van der Waals surface area contributed by atoms with E-state index in [9.17, 15) is 0 Å². The maximum Gasteiger partial charge on any atom is 0.126 e. The van der Waals surface area contributed by atoms with Crippen molar-refractivity contribution in [3.8, 4) is 11.1 Å². The molecule has 0 atom stereocenters. The second-order valence-electron chi connectivity index (χ2n) is 6.40. The summed E-state index contributed by atoms with van der Waals surface area (Å²) in [4.78, 5) is 6.81. The number of morpholine rings is 1. The van der Waals surface area contributed by atoms with Crippen LogP contribution in [0.3, 0.4) is 0 Å². The van der Waals surface area contributed by atoms with Crippen LogP contribution < -0.4 is 5.32 Å². The van der Waals surface area contributed by atoms with Crippen molar-refractivity contribution in [2.75, 3.05) is 38.7 Å². The Morgan fingerprint density at radius 1 is 1.12 bits per heavy atom. The second kappa shape index (κ2) is 6.82. The van der Waals surface area contributed by atoms with Crippen LogP contribution in [0.15, 0.2) is 36.7 Å². The van der Waals surface area contributed by atoms with Gasteiger partial charge in [0.25, 0.3) is 0 Å². The molecule has 1 aromatic carbocycles. The second-order valence-corrected chi connectivity index (χ2v) is 6.40. The molecule has 3 heterocycles. The summed E-state index contributed by atoms with van der Waals surface area (Å²) in [6.07, 6.45) is 3.87. The van der Waals surface area contributed by atoms with Gasteiger partial charge in [-0.05, 0) is 23.1 Å². The highest BCUT2D eigenvalue weighted by molar-refractivity contribution is 5.88. The van der Waals surface area contributed by atoms with Crippen molar-refractivity contribution in [3.63, 3.8) is 0 Å². The zero-order chi connectivity index (χ0) is 17.2. The summed E-state index contributed by atoms with van der Waals surface area (Å²) in [5.74, 6) is 0.879. The summed E-state index contributed by atoms with van der Waals surface area (Å²) >= 11 is 0. The number of rotatable bonds is 4.